The summed E-state index contributed by atoms with van der Waals surface area (Å²) in [5.41, 5.74) is 5.73. The van der Waals surface area contributed by atoms with Gasteiger partial charge in [0.2, 0.25) is 5.91 Å². The maximum atomic E-state index is 11.7. The summed E-state index contributed by atoms with van der Waals surface area (Å²) in [7, 11) is 0. The van der Waals surface area contributed by atoms with Crippen molar-refractivity contribution in [3.63, 3.8) is 0 Å². The average molecular weight is 337 g/mol. The van der Waals surface area contributed by atoms with Crippen molar-refractivity contribution in [1.29, 1.82) is 0 Å². The molecule has 1 aromatic carbocycles. The van der Waals surface area contributed by atoms with Gasteiger partial charge in [-0.1, -0.05) is 23.9 Å². The molecule has 0 radical (unpaired) electrons. The molecule has 2 amide bonds. The molecule has 2 heterocycles. The molecule has 0 unspecified atom stereocenters. The van der Waals surface area contributed by atoms with Crippen molar-refractivity contribution >= 4 is 45.1 Å². The number of rotatable bonds is 4. The van der Waals surface area contributed by atoms with Crippen molar-refractivity contribution < 1.29 is 14.3 Å². The molecule has 2 aromatic rings. The SMILES string of the molecule is O=C(CSc1nc2ccccc2s1)NNC(=O)[C@@H]1CCCO1. The van der Waals surface area contributed by atoms with Gasteiger partial charge in [0.25, 0.3) is 5.91 Å². The summed E-state index contributed by atoms with van der Waals surface area (Å²) < 4.78 is 7.16. The number of benzene rings is 1. The van der Waals surface area contributed by atoms with Gasteiger partial charge in [-0.15, -0.1) is 11.3 Å². The van der Waals surface area contributed by atoms with E-state index in [1.165, 1.54) is 11.8 Å². The molecule has 0 saturated carbocycles. The third kappa shape index (κ3) is 3.76. The molecule has 1 aromatic heterocycles. The first-order valence-electron chi connectivity index (χ1n) is 6.91. The first-order chi connectivity index (χ1) is 10.7. The first kappa shape index (κ1) is 15.3. The van der Waals surface area contributed by atoms with E-state index in [9.17, 15) is 9.59 Å². The van der Waals surface area contributed by atoms with Crippen molar-refractivity contribution in [2.45, 2.75) is 23.3 Å². The number of nitrogens with zero attached hydrogens (tertiary/aromatic N) is 1. The van der Waals surface area contributed by atoms with Crippen molar-refractivity contribution in [1.82, 2.24) is 15.8 Å². The van der Waals surface area contributed by atoms with Crippen LogP contribution in [0.25, 0.3) is 10.2 Å². The fraction of sp³-hybridized carbons (Fsp3) is 0.357. The van der Waals surface area contributed by atoms with Crippen LogP contribution in [0.15, 0.2) is 28.6 Å². The van der Waals surface area contributed by atoms with E-state index in [4.69, 9.17) is 4.74 Å². The number of amides is 2. The summed E-state index contributed by atoms with van der Waals surface area (Å²) in [6, 6.07) is 7.84. The molecule has 116 valence electrons. The number of hydrazine groups is 1. The second-order valence-electron chi connectivity index (χ2n) is 4.78. The number of carbonyl (C=O) groups excluding carboxylic acids is 2. The maximum absolute atomic E-state index is 11.7. The van der Waals surface area contributed by atoms with Crippen LogP contribution in [-0.2, 0) is 14.3 Å². The number of carbonyl (C=O) groups is 2. The van der Waals surface area contributed by atoms with Crippen LogP contribution in [0.3, 0.4) is 0 Å². The third-order valence-electron chi connectivity index (χ3n) is 3.15. The Morgan fingerprint density at radius 1 is 1.36 bits per heavy atom. The van der Waals surface area contributed by atoms with Gasteiger partial charge < -0.3 is 4.74 Å². The van der Waals surface area contributed by atoms with E-state index < -0.39 is 6.10 Å². The minimum Gasteiger partial charge on any atom is -0.368 e. The predicted molar refractivity (Wildman–Crippen MR) is 85.6 cm³/mol. The van der Waals surface area contributed by atoms with Crippen molar-refractivity contribution in [2.24, 2.45) is 0 Å². The predicted octanol–water partition coefficient (Wildman–Crippen LogP) is 1.71. The van der Waals surface area contributed by atoms with E-state index >= 15 is 0 Å². The monoisotopic (exact) mass is 337 g/mol. The van der Waals surface area contributed by atoms with Crippen LogP contribution in [0, 0.1) is 0 Å². The van der Waals surface area contributed by atoms with E-state index in [2.05, 4.69) is 15.8 Å². The number of hydrogen-bond donors (Lipinski definition) is 2. The van der Waals surface area contributed by atoms with Gasteiger partial charge in [0.05, 0.1) is 16.0 Å². The molecule has 0 aliphatic carbocycles. The number of para-hydroxylation sites is 1. The molecule has 0 spiro atoms. The minimum atomic E-state index is -0.447. The van der Waals surface area contributed by atoms with Crippen LogP contribution in [0.5, 0.6) is 0 Å². The van der Waals surface area contributed by atoms with Crippen molar-refractivity contribution in [2.75, 3.05) is 12.4 Å². The molecule has 3 rings (SSSR count). The lowest BCUT2D eigenvalue weighted by Crippen LogP contribution is -2.46. The zero-order valence-corrected chi connectivity index (χ0v) is 13.3. The number of hydrogen-bond acceptors (Lipinski definition) is 6. The van der Waals surface area contributed by atoms with E-state index in [0.717, 1.165) is 21.0 Å². The van der Waals surface area contributed by atoms with Crippen molar-refractivity contribution in [3.05, 3.63) is 24.3 Å². The van der Waals surface area contributed by atoms with Crippen LogP contribution in [0.4, 0.5) is 0 Å². The first-order valence-corrected chi connectivity index (χ1v) is 8.71. The lowest BCUT2D eigenvalue weighted by molar-refractivity contribution is -0.134. The summed E-state index contributed by atoms with van der Waals surface area (Å²) in [6.45, 7) is 0.597. The van der Waals surface area contributed by atoms with Gasteiger partial charge in [-0.3, -0.25) is 20.4 Å². The third-order valence-corrected chi connectivity index (χ3v) is 5.33. The normalized spacial score (nSPS) is 17.5. The smallest absolute Gasteiger partial charge is 0.267 e. The Kier molecular flexibility index (Phi) is 4.91. The van der Waals surface area contributed by atoms with Crippen LogP contribution < -0.4 is 10.9 Å². The highest BCUT2D eigenvalue weighted by Crippen LogP contribution is 2.28. The summed E-state index contributed by atoms with van der Waals surface area (Å²) >= 11 is 2.90. The van der Waals surface area contributed by atoms with E-state index in [0.29, 0.717) is 13.0 Å². The molecular formula is C14H15N3O3S2. The standard InChI is InChI=1S/C14H15N3O3S2/c18-12(16-17-13(19)10-5-3-7-20-10)8-21-14-15-9-4-1-2-6-11(9)22-14/h1-2,4,6,10H,3,5,7-8H2,(H,16,18)(H,17,19)/t10-/m0/s1. The Hall–Kier alpha value is -1.64. The highest BCUT2D eigenvalue weighted by molar-refractivity contribution is 8.01. The van der Waals surface area contributed by atoms with Gasteiger partial charge in [0.1, 0.15) is 6.10 Å². The summed E-state index contributed by atoms with van der Waals surface area (Å²) in [6.07, 6.45) is 1.12. The second kappa shape index (κ2) is 7.08. The Labute approximate surface area is 135 Å². The van der Waals surface area contributed by atoms with Gasteiger partial charge >= 0.3 is 0 Å². The van der Waals surface area contributed by atoms with Crippen molar-refractivity contribution in [3.8, 4) is 0 Å². The quantitative estimate of drug-likeness (QED) is 0.656. The van der Waals surface area contributed by atoms with E-state index in [1.807, 2.05) is 24.3 Å². The highest BCUT2D eigenvalue weighted by atomic mass is 32.2. The summed E-state index contributed by atoms with van der Waals surface area (Å²) in [5, 5.41) is 0. The molecular weight excluding hydrogens is 322 g/mol. The maximum Gasteiger partial charge on any atom is 0.267 e. The van der Waals surface area contributed by atoms with E-state index in [-0.39, 0.29) is 17.6 Å². The van der Waals surface area contributed by atoms with Gasteiger partial charge in [-0.2, -0.15) is 0 Å². The van der Waals surface area contributed by atoms with Gasteiger partial charge in [-0.05, 0) is 25.0 Å². The average Bonchev–Trinajstić information content (AvgIpc) is 3.19. The summed E-state index contributed by atoms with van der Waals surface area (Å²) in [5.74, 6) is -0.363. The number of thioether (sulfide) groups is 1. The topological polar surface area (TPSA) is 80.3 Å². The van der Waals surface area contributed by atoms with E-state index in [1.54, 1.807) is 11.3 Å². The van der Waals surface area contributed by atoms with Gasteiger partial charge in [-0.25, -0.2) is 4.98 Å². The Bertz CT molecular complexity index is 650. The Balaban J connectivity index is 1.44. The number of aromatic nitrogens is 1. The zero-order chi connectivity index (χ0) is 15.4. The molecule has 8 heteroatoms. The molecule has 1 fully saturated rings. The Morgan fingerprint density at radius 2 is 2.23 bits per heavy atom. The number of thiazole rings is 1. The Morgan fingerprint density at radius 3 is 3.00 bits per heavy atom. The van der Waals surface area contributed by atoms with Gasteiger partial charge in [0.15, 0.2) is 4.34 Å². The fourth-order valence-corrected chi connectivity index (χ4v) is 3.94. The molecule has 1 aliphatic rings. The lowest BCUT2D eigenvalue weighted by Gasteiger charge is -2.10. The molecule has 22 heavy (non-hydrogen) atoms. The molecule has 6 nitrogen and oxygen atoms in total. The zero-order valence-electron chi connectivity index (χ0n) is 11.7. The fourth-order valence-electron chi connectivity index (χ4n) is 2.07. The summed E-state index contributed by atoms with van der Waals surface area (Å²) in [4.78, 5) is 27.9. The number of nitrogens with one attached hydrogen (secondary N) is 2. The molecule has 1 saturated heterocycles. The molecule has 1 atom stereocenters. The molecule has 2 N–H and O–H groups in total. The van der Waals surface area contributed by atoms with Crippen LogP contribution in [-0.4, -0.2) is 35.3 Å². The molecule has 1 aliphatic heterocycles. The largest absolute Gasteiger partial charge is 0.368 e. The minimum absolute atomic E-state index is 0.200. The highest BCUT2D eigenvalue weighted by Gasteiger charge is 2.23. The van der Waals surface area contributed by atoms with Crippen LogP contribution in [0.2, 0.25) is 0 Å². The van der Waals surface area contributed by atoms with Crippen LogP contribution >= 0.6 is 23.1 Å². The lowest BCUT2D eigenvalue weighted by atomic mass is 10.2. The molecule has 0 bridgehead atoms. The van der Waals surface area contributed by atoms with Gasteiger partial charge in [0, 0.05) is 6.61 Å². The number of fused-ring (bicyclic) bond motifs is 1. The number of ether oxygens (including phenoxy) is 1. The van der Waals surface area contributed by atoms with Crippen LogP contribution in [0.1, 0.15) is 12.8 Å². The second-order valence-corrected chi connectivity index (χ2v) is 7.03.